The van der Waals surface area contributed by atoms with Crippen molar-refractivity contribution >= 4 is 0 Å². The summed E-state index contributed by atoms with van der Waals surface area (Å²) in [6, 6.07) is 7.63. The zero-order valence-electron chi connectivity index (χ0n) is 9.76. The molecule has 0 atom stereocenters. The molecule has 4 heteroatoms. The second kappa shape index (κ2) is 5.41. The van der Waals surface area contributed by atoms with Crippen molar-refractivity contribution in [2.75, 3.05) is 6.54 Å². The Balaban J connectivity index is 2.20. The Bertz CT molecular complexity index is 482. The molecule has 4 nitrogen and oxygen atoms in total. The Labute approximate surface area is 100 Å². The summed E-state index contributed by atoms with van der Waals surface area (Å²) in [6.45, 7) is 2.51. The first kappa shape index (κ1) is 11.5. The van der Waals surface area contributed by atoms with E-state index in [4.69, 9.17) is 10.5 Å². The summed E-state index contributed by atoms with van der Waals surface area (Å²) in [4.78, 5) is 8.38. The van der Waals surface area contributed by atoms with E-state index >= 15 is 0 Å². The maximum Gasteiger partial charge on any atom is 0.222 e. The van der Waals surface area contributed by atoms with Crippen molar-refractivity contribution in [3.05, 3.63) is 47.9 Å². The number of hydrogen-bond acceptors (Lipinski definition) is 4. The normalized spacial score (nSPS) is 10.2. The van der Waals surface area contributed by atoms with Gasteiger partial charge in [-0.25, -0.2) is 4.98 Å². The molecule has 0 amide bonds. The topological polar surface area (TPSA) is 61.0 Å². The summed E-state index contributed by atoms with van der Waals surface area (Å²) in [6.07, 6.45) is 4.15. The van der Waals surface area contributed by atoms with E-state index in [9.17, 15) is 0 Å². The molecule has 17 heavy (non-hydrogen) atoms. The molecule has 2 N–H and O–H groups in total. The molecule has 2 aromatic rings. The molecule has 0 bridgehead atoms. The van der Waals surface area contributed by atoms with Gasteiger partial charge in [0, 0.05) is 17.5 Å². The second-order valence-corrected chi connectivity index (χ2v) is 3.74. The quantitative estimate of drug-likeness (QED) is 0.872. The van der Waals surface area contributed by atoms with Gasteiger partial charge in [0.15, 0.2) is 0 Å². The van der Waals surface area contributed by atoms with Crippen molar-refractivity contribution in [1.29, 1.82) is 0 Å². The SMILES string of the molecule is Cc1ccc(Oc2ncccc2CCN)cn1. The first-order valence-corrected chi connectivity index (χ1v) is 5.54. The van der Waals surface area contributed by atoms with E-state index in [1.165, 1.54) is 0 Å². The van der Waals surface area contributed by atoms with Crippen LogP contribution in [-0.4, -0.2) is 16.5 Å². The van der Waals surface area contributed by atoms with Gasteiger partial charge in [-0.1, -0.05) is 6.07 Å². The largest absolute Gasteiger partial charge is 0.437 e. The second-order valence-electron chi connectivity index (χ2n) is 3.74. The van der Waals surface area contributed by atoms with Crippen LogP contribution in [0.2, 0.25) is 0 Å². The maximum atomic E-state index is 5.69. The zero-order valence-corrected chi connectivity index (χ0v) is 9.76. The number of nitrogens with zero attached hydrogens (tertiary/aromatic N) is 2. The molecule has 0 unspecified atom stereocenters. The van der Waals surface area contributed by atoms with Gasteiger partial charge in [-0.2, -0.15) is 0 Å². The Kier molecular flexibility index (Phi) is 3.67. The van der Waals surface area contributed by atoms with Gasteiger partial charge < -0.3 is 10.5 Å². The van der Waals surface area contributed by atoms with Crippen molar-refractivity contribution in [1.82, 2.24) is 9.97 Å². The van der Waals surface area contributed by atoms with Crippen molar-refractivity contribution in [2.24, 2.45) is 5.73 Å². The summed E-state index contributed by atoms with van der Waals surface area (Å²) < 4.78 is 5.69. The predicted molar refractivity (Wildman–Crippen MR) is 66.0 cm³/mol. The van der Waals surface area contributed by atoms with E-state index in [1.54, 1.807) is 12.4 Å². The summed E-state index contributed by atoms with van der Waals surface area (Å²) in [5.74, 6) is 1.29. The zero-order chi connectivity index (χ0) is 12.1. The van der Waals surface area contributed by atoms with Gasteiger partial charge in [-0.15, -0.1) is 0 Å². The first-order chi connectivity index (χ1) is 8.29. The van der Waals surface area contributed by atoms with Gasteiger partial charge in [0.2, 0.25) is 5.88 Å². The molecule has 88 valence electrons. The molecule has 0 aromatic carbocycles. The minimum absolute atomic E-state index is 0.578. The third-order valence-electron chi connectivity index (χ3n) is 2.36. The Morgan fingerprint density at radius 2 is 2.12 bits per heavy atom. The highest BCUT2D eigenvalue weighted by Crippen LogP contribution is 2.22. The third kappa shape index (κ3) is 3.01. The van der Waals surface area contributed by atoms with E-state index in [1.807, 2.05) is 31.2 Å². The molecule has 2 aromatic heterocycles. The minimum atomic E-state index is 0.578. The Morgan fingerprint density at radius 1 is 1.24 bits per heavy atom. The van der Waals surface area contributed by atoms with Crippen LogP contribution in [0.1, 0.15) is 11.3 Å². The molecular weight excluding hydrogens is 214 g/mol. The molecule has 0 fully saturated rings. The van der Waals surface area contributed by atoms with Crippen LogP contribution in [0.3, 0.4) is 0 Å². The fraction of sp³-hybridized carbons (Fsp3) is 0.231. The predicted octanol–water partition coefficient (Wildman–Crippen LogP) is 2.08. The molecule has 0 radical (unpaired) electrons. The van der Waals surface area contributed by atoms with E-state index in [-0.39, 0.29) is 0 Å². The van der Waals surface area contributed by atoms with E-state index in [0.29, 0.717) is 18.2 Å². The van der Waals surface area contributed by atoms with Gasteiger partial charge in [0.05, 0.1) is 6.20 Å². The number of ether oxygens (including phenoxy) is 1. The lowest BCUT2D eigenvalue weighted by atomic mass is 10.2. The highest BCUT2D eigenvalue weighted by atomic mass is 16.5. The van der Waals surface area contributed by atoms with Crippen LogP contribution in [0.15, 0.2) is 36.7 Å². The van der Waals surface area contributed by atoms with E-state index in [2.05, 4.69) is 9.97 Å². The van der Waals surface area contributed by atoms with Gasteiger partial charge in [-0.05, 0) is 38.1 Å². The average molecular weight is 229 g/mol. The van der Waals surface area contributed by atoms with Crippen LogP contribution >= 0.6 is 0 Å². The van der Waals surface area contributed by atoms with E-state index < -0.39 is 0 Å². The van der Waals surface area contributed by atoms with Crippen LogP contribution in [0.5, 0.6) is 11.6 Å². The minimum Gasteiger partial charge on any atom is -0.437 e. The van der Waals surface area contributed by atoms with Crippen LogP contribution in [0.25, 0.3) is 0 Å². The summed E-state index contributed by atoms with van der Waals surface area (Å²) in [5, 5.41) is 0. The maximum absolute atomic E-state index is 5.69. The first-order valence-electron chi connectivity index (χ1n) is 5.54. The summed E-state index contributed by atoms with van der Waals surface area (Å²) >= 11 is 0. The fourth-order valence-corrected chi connectivity index (χ4v) is 1.49. The number of pyridine rings is 2. The lowest BCUT2D eigenvalue weighted by Crippen LogP contribution is -2.04. The van der Waals surface area contributed by atoms with Crippen molar-refractivity contribution in [3.8, 4) is 11.6 Å². The van der Waals surface area contributed by atoms with Crippen LogP contribution in [0.4, 0.5) is 0 Å². The number of aromatic nitrogens is 2. The number of nitrogens with two attached hydrogens (primary N) is 1. The Hall–Kier alpha value is -1.94. The molecule has 0 spiro atoms. The molecule has 2 rings (SSSR count). The molecule has 0 saturated heterocycles. The number of aryl methyl sites for hydroxylation is 1. The van der Waals surface area contributed by atoms with Gasteiger partial charge in [-0.3, -0.25) is 4.98 Å². The molecule has 0 aliphatic carbocycles. The van der Waals surface area contributed by atoms with Crippen molar-refractivity contribution in [3.63, 3.8) is 0 Å². The number of rotatable bonds is 4. The molecule has 2 heterocycles. The third-order valence-corrected chi connectivity index (χ3v) is 2.36. The van der Waals surface area contributed by atoms with Crippen molar-refractivity contribution < 1.29 is 4.74 Å². The standard InChI is InChI=1S/C13H15N3O/c1-10-4-5-12(9-16-10)17-13-11(6-7-14)3-2-8-15-13/h2-5,8-9H,6-7,14H2,1H3. The summed E-state index contributed by atoms with van der Waals surface area (Å²) in [5.41, 5.74) is 7.52. The number of hydrogen-bond donors (Lipinski definition) is 1. The molecular formula is C13H15N3O. The smallest absolute Gasteiger partial charge is 0.222 e. The molecule has 0 aliphatic heterocycles. The monoisotopic (exact) mass is 229 g/mol. The van der Waals surface area contributed by atoms with Crippen LogP contribution in [0, 0.1) is 6.92 Å². The summed E-state index contributed by atoms with van der Waals surface area (Å²) in [7, 11) is 0. The van der Waals surface area contributed by atoms with Gasteiger partial charge >= 0.3 is 0 Å². The van der Waals surface area contributed by atoms with Crippen LogP contribution in [-0.2, 0) is 6.42 Å². The Morgan fingerprint density at radius 3 is 2.82 bits per heavy atom. The van der Waals surface area contributed by atoms with Gasteiger partial charge in [0.1, 0.15) is 5.75 Å². The van der Waals surface area contributed by atoms with E-state index in [0.717, 1.165) is 17.7 Å². The average Bonchev–Trinajstić information content (AvgIpc) is 2.35. The lowest BCUT2D eigenvalue weighted by Gasteiger charge is -2.08. The highest BCUT2D eigenvalue weighted by molar-refractivity contribution is 5.31. The molecule has 0 aliphatic rings. The molecule has 0 saturated carbocycles. The van der Waals surface area contributed by atoms with Crippen molar-refractivity contribution in [2.45, 2.75) is 13.3 Å². The lowest BCUT2D eigenvalue weighted by molar-refractivity contribution is 0.454. The fourth-order valence-electron chi connectivity index (χ4n) is 1.49. The van der Waals surface area contributed by atoms with Crippen LogP contribution < -0.4 is 10.5 Å². The highest BCUT2D eigenvalue weighted by Gasteiger charge is 2.05. The van der Waals surface area contributed by atoms with Gasteiger partial charge in [0.25, 0.3) is 0 Å².